The predicted octanol–water partition coefficient (Wildman–Crippen LogP) is 3.11. The van der Waals surface area contributed by atoms with Crippen molar-refractivity contribution in [1.29, 1.82) is 0 Å². The molecule has 17 heavy (non-hydrogen) atoms. The third-order valence-corrected chi connectivity index (χ3v) is 2.76. The van der Waals surface area contributed by atoms with E-state index < -0.39 is 5.97 Å². The fourth-order valence-corrected chi connectivity index (χ4v) is 1.64. The molecule has 0 fully saturated rings. The molecule has 2 rings (SSSR count). The molecular formula is C11H8Cl2N2O2. The van der Waals surface area contributed by atoms with Crippen molar-refractivity contribution in [3.05, 3.63) is 34.1 Å². The molecule has 0 aliphatic rings. The van der Waals surface area contributed by atoms with Gasteiger partial charge in [-0.25, -0.2) is 14.8 Å². The van der Waals surface area contributed by atoms with E-state index in [0.717, 1.165) is 0 Å². The first-order valence-corrected chi connectivity index (χ1v) is 5.66. The van der Waals surface area contributed by atoms with Gasteiger partial charge in [-0.3, -0.25) is 0 Å². The average molecular weight is 271 g/mol. The van der Waals surface area contributed by atoms with Crippen molar-refractivity contribution in [1.82, 2.24) is 9.97 Å². The molecule has 0 N–H and O–H groups in total. The van der Waals surface area contributed by atoms with Gasteiger partial charge in [-0.15, -0.1) is 0 Å². The molecule has 2 aromatic rings. The molecule has 2 aromatic heterocycles. The highest BCUT2D eigenvalue weighted by atomic mass is 35.5. The Bertz CT molecular complexity index is 587. The van der Waals surface area contributed by atoms with E-state index >= 15 is 0 Å². The maximum atomic E-state index is 11.5. The van der Waals surface area contributed by atoms with Gasteiger partial charge in [0.15, 0.2) is 5.65 Å². The number of esters is 1. The van der Waals surface area contributed by atoms with Gasteiger partial charge in [-0.05, 0) is 19.1 Å². The topological polar surface area (TPSA) is 52.1 Å². The van der Waals surface area contributed by atoms with Crippen LogP contribution in [-0.4, -0.2) is 22.5 Å². The van der Waals surface area contributed by atoms with Gasteiger partial charge >= 0.3 is 5.97 Å². The third-order valence-electron chi connectivity index (χ3n) is 2.09. The predicted molar refractivity (Wildman–Crippen MR) is 65.5 cm³/mol. The van der Waals surface area contributed by atoms with Crippen LogP contribution in [0.15, 0.2) is 18.3 Å². The number of rotatable bonds is 2. The fraction of sp³-hybridized carbons (Fsp3) is 0.182. The number of aromatic nitrogens is 2. The first-order valence-electron chi connectivity index (χ1n) is 4.90. The first kappa shape index (κ1) is 12.1. The largest absolute Gasteiger partial charge is 0.462 e. The summed E-state index contributed by atoms with van der Waals surface area (Å²) in [7, 11) is 0. The smallest absolute Gasteiger partial charge is 0.339 e. The van der Waals surface area contributed by atoms with Crippen molar-refractivity contribution in [3.63, 3.8) is 0 Å². The number of hydrogen-bond acceptors (Lipinski definition) is 4. The summed E-state index contributed by atoms with van der Waals surface area (Å²) in [5, 5.41) is 1.16. The molecule has 0 spiro atoms. The van der Waals surface area contributed by atoms with Gasteiger partial charge in [0, 0.05) is 11.6 Å². The van der Waals surface area contributed by atoms with E-state index in [-0.39, 0.29) is 5.15 Å². The monoisotopic (exact) mass is 270 g/mol. The Morgan fingerprint density at radius 2 is 2.18 bits per heavy atom. The lowest BCUT2D eigenvalue weighted by molar-refractivity contribution is 0.0526. The van der Waals surface area contributed by atoms with E-state index in [9.17, 15) is 4.79 Å². The van der Waals surface area contributed by atoms with Crippen molar-refractivity contribution in [2.24, 2.45) is 0 Å². The van der Waals surface area contributed by atoms with E-state index in [1.807, 2.05) is 0 Å². The zero-order chi connectivity index (χ0) is 12.4. The number of carbonyl (C=O) groups excluding carboxylic acids is 1. The van der Waals surface area contributed by atoms with E-state index in [4.69, 9.17) is 27.9 Å². The number of halogens is 2. The second-order valence-electron chi connectivity index (χ2n) is 3.25. The zero-order valence-corrected chi connectivity index (χ0v) is 10.4. The number of fused-ring (bicyclic) bond motifs is 1. The van der Waals surface area contributed by atoms with Crippen molar-refractivity contribution in [3.8, 4) is 0 Å². The van der Waals surface area contributed by atoms with Crippen LogP contribution < -0.4 is 0 Å². The zero-order valence-electron chi connectivity index (χ0n) is 8.91. The van der Waals surface area contributed by atoms with E-state index in [0.29, 0.717) is 28.2 Å². The van der Waals surface area contributed by atoms with Crippen LogP contribution in [0.1, 0.15) is 17.3 Å². The van der Waals surface area contributed by atoms with Gasteiger partial charge < -0.3 is 4.74 Å². The molecule has 2 heterocycles. The standard InChI is InChI=1S/C11H8Cl2N2O2/c1-2-17-11(16)7-3-6-4-8(12)9(13)15-10(6)14-5-7/h3-5H,2H2,1H3. The minimum absolute atomic E-state index is 0.190. The normalized spacial score (nSPS) is 10.5. The lowest BCUT2D eigenvalue weighted by Gasteiger charge is -2.03. The van der Waals surface area contributed by atoms with Crippen molar-refractivity contribution < 1.29 is 9.53 Å². The maximum absolute atomic E-state index is 11.5. The molecule has 0 aliphatic carbocycles. The van der Waals surface area contributed by atoms with Crippen molar-refractivity contribution in [2.45, 2.75) is 6.92 Å². The number of pyridine rings is 2. The summed E-state index contributed by atoms with van der Waals surface area (Å²) in [5.74, 6) is -0.423. The summed E-state index contributed by atoms with van der Waals surface area (Å²) in [6.07, 6.45) is 1.40. The molecule has 0 amide bonds. The SMILES string of the molecule is CCOC(=O)c1cnc2nc(Cl)c(Cl)cc2c1. The molecule has 0 unspecified atom stereocenters. The van der Waals surface area contributed by atoms with Crippen LogP contribution in [0.2, 0.25) is 10.2 Å². The van der Waals surface area contributed by atoms with Crippen LogP contribution in [0.4, 0.5) is 0 Å². The molecule has 0 radical (unpaired) electrons. The van der Waals surface area contributed by atoms with E-state index in [1.54, 1.807) is 19.1 Å². The van der Waals surface area contributed by atoms with Gasteiger partial charge in [0.2, 0.25) is 0 Å². The molecule has 0 aromatic carbocycles. The second-order valence-corrected chi connectivity index (χ2v) is 4.02. The number of hydrogen-bond donors (Lipinski definition) is 0. The van der Waals surface area contributed by atoms with E-state index in [2.05, 4.69) is 9.97 Å². The van der Waals surface area contributed by atoms with Crippen LogP contribution >= 0.6 is 23.2 Å². The first-order chi connectivity index (χ1) is 8.11. The van der Waals surface area contributed by atoms with Crippen LogP contribution in [-0.2, 0) is 4.74 Å². The maximum Gasteiger partial charge on any atom is 0.339 e. The molecule has 0 bridgehead atoms. The summed E-state index contributed by atoms with van der Waals surface area (Å²) in [6, 6.07) is 3.23. The highest BCUT2D eigenvalue weighted by Gasteiger charge is 2.10. The number of carbonyl (C=O) groups is 1. The quantitative estimate of drug-likeness (QED) is 0.622. The van der Waals surface area contributed by atoms with Gasteiger partial charge in [-0.1, -0.05) is 23.2 Å². The minimum Gasteiger partial charge on any atom is -0.462 e. The Balaban J connectivity index is 2.50. The highest BCUT2D eigenvalue weighted by molar-refractivity contribution is 6.41. The molecule has 4 nitrogen and oxygen atoms in total. The van der Waals surface area contributed by atoms with Crippen LogP contribution in [0.5, 0.6) is 0 Å². The lowest BCUT2D eigenvalue weighted by atomic mass is 10.2. The summed E-state index contributed by atoms with van der Waals surface area (Å²) in [6.45, 7) is 2.06. The third kappa shape index (κ3) is 2.48. The molecule has 0 saturated carbocycles. The molecule has 0 atom stereocenters. The molecule has 6 heteroatoms. The Kier molecular flexibility index (Phi) is 3.45. The van der Waals surface area contributed by atoms with Crippen LogP contribution in [0.3, 0.4) is 0 Å². The van der Waals surface area contributed by atoms with E-state index in [1.165, 1.54) is 6.20 Å². The van der Waals surface area contributed by atoms with Gasteiger partial charge in [-0.2, -0.15) is 0 Å². The Morgan fingerprint density at radius 1 is 1.41 bits per heavy atom. The van der Waals surface area contributed by atoms with Gasteiger partial charge in [0.05, 0.1) is 17.2 Å². The molecule has 88 valence electrons. The molecule has 0 saturated heterocycles. The summed E-state index contributed by atoms with van der Waals surface area (Å²) in [4.78, 5) is 19.5. The van der Waals surface area contributed by atoms with Crippen LogP contribution in [0.25, 0.3) is 11.0 Å². The van der Waals surface area contributed by atoms with Gasteiger partial charge in [0.1, 0.15) is 5.15 Å². The second kappa shape index (κ2) is 4.85. The highest BCUT2D eigenvalue weighted by Crippen LogP contribution is 2.24. The number of ether oxygens (including phenoxy) is 1. The molecule has 0 aliphatic heterocycles. The van der Waals surface area contributed by atoms with Crippen LogP contribution in [0, 0.1) is 0 Å². The Morgan fingerprint density at radius 3 is 2.88 bits per heavy atom. The molecular weight excluding hydrogens is 263 g/mol. The number of nitrogens with zero attached hydrogens (tertiary/aromatic N) is 2. The summed E-state index contributed by atoms with van der Waals surface area (Å²) in [5.41, 5.74) is 0.798. The van der Waals surface area contributed by atoms with Crippen molar-refractivity contribution in [2.75, 3.05) is 6.61 Å². The Labute approximate surface area is 108 Å². The Hall–Kier alpha value is -1.39. The fourth-order valence-electron chi connectivity index (χ4n) is 1.34. The lowest BCUT2D eigenvalue weighted by Crippen LogP contribution is -2.05. The van der Waals surface area contributed by atoms with Crippen molar-refractivity contribution >= 4 is 40.2 Å². The minimum atomic E-state index is -0.423. The average Bonchev–Trinajstić information content (AvgIpc) is 2.30. The summed E-state index contributed by atoms with van der Waals surface area (Å²) < 4.78 is 4.87. The van der Waals surface area contributed by atoms with Gasteiger partial charge in [0.25, 0.3) is 0 Å². The summed E-state index contributed by atoms with van der Waals surface area (Å²) >= 11 is 11.6.